The molecule has 4 heteroatoms. The average molecular weight is 223 g/mol. The first-order valence-corrected chi connectivity index (χ1v) is 5.85. The van der Waals surface area contributed by atoms with Crippen LogP contribution >= 0.6 is 0 Å². The van der Waals surface area contributed by atoms with E-state index in [2.05, 4.69) is 50.1 Å². The Morgan fingerprint density at radius 3 is 2.50 bits per heavy atom. The second-order valence-corrected chi connectivity index (χ2v) is 6.38. The fourth-order valence-corrected chi connectivity index (χ4v) is 1.71. The number of rotatable bonds is 3. The number of hydrogen-bond donors (Lipinski definition) is 1. The first kappa shape index (κ1) is 11.6. The van der Waals surface area contributed by atoms with Gasteiger partial charge in [0.25, 0.3) is 0 Å². The molecule has 1 fully saturated rings. The summed E-state index contributed by atoms with van der Waals surface area (Å²) in [6.45, 7) is 11.5. The third-order valence-corrected chi connectivity index (χ3v) is 3.06. The summed E-state index contributed by atoms with van der Waals surface area (Å²) in [4.78, 5) is 0. The molecule has 90 valence electrons. The van der Waals surface area contributed by atoms with E-state index in [4.69, 9.17) is 4.42 Å². The van der Waals surface area contributed by atoms with Gasteiger partial charge >= 0.3 is 0 Å². The van der Waals surface area contributed by atoms with Crippen LogP contribution in [0.3, 0.4) is 0 Å². The van der Waals surface area contributed by atoms with Gasteiger partial charge in [-0.3, -0.25) is 0 Å². The molecule has 1 heterocycles. The summed E-state index contributed by atoms with van der Waals surface area (Å²) in [6.07, 6.45) is 1.15. The van der Waals surface area contributed by atoms with Gasteiger partial charge in [-0.25, -0.2) is 0 Å². The van der Waals surface area contributed by atoms with Crippen molar-refractivity contribution in [1.82, 2.24) is 15.5 Å². The molecule has 0 spiro atoms. The molecule has 1 saturated carbocycles. The van der Waals surface area contributed by atoms with E-state index >= 15 is 0 Å². The van der Waals surface area contributed by atoms with Gasteiger partial charge in [0.05, 0.1) is 6.54 Å². The van der Waals surface area contributed by atoms with Gasteiger partial charge < -0.3 is 9.73 Å². The van der Waals surface area contributed by atoms with Crippen LogP contribution in [0.15, 0.2) is 4.42 Å². The largest absolute Gasteiger partial charge is 0.424 e. The van der Waals surface area contributed by atoms with Crippen molar-refractivity contribution in [2.75, 3.05) is 0 Å². The molecule has 1 aliphatic carbocycles. The van der Waals surface area contributed by atoms with Crippen molar-refractivity contribution >= 4 is 0 Å². The second-order valence-electron chi connectivity index (χ2n) is 6.38. The monoisotopic (exact) mass is 223 g/mol. The van der Waals surface area contributed by atoms with Crippen LogP contribution < -0.4 is 5.32 Å². The van der Waals surface area contributed by atoms with Crippen LogP contribution in [-0.2, 0) is 6.54 Å². The van der Waals surface area contributed by atoms with Crippen LogP contribution in [0.2, 0.25) is 0 Å². The van der Waals surface area contributed by atoms with Crippen molar-refractivity contribution in [3.05, 3.63) is 11.8 Å². The predicted octanol–water partition coefficient (Wildman–Crippen LogP) is 2.47. The van der Waals surface area contributed by atoms with Crippen LogP contribution in [0.25, 0.3) is 0 Å². The Kier molecular flexibility index (Phi) is 2.57. The van der Waals surface area contributed by atoms with E-state index in [0.717, 1.165) is 12.3 Å². The Bertz CT molecular complexity index is 376. The molecular weight excluding hydrogens is 202 g/mol. The fraction of sp³-hybridized carbons (Fsp3) is 0.833. The van der Waals surface area contributed by atoms with Crippen molar-refractivity contribution in [3.63, 3.8) is 0 Å². The zero-order chi connectivity index (χ0) is 12.0. The molecule has 0 aliphatic heterocycles. The van der Waals surface area contributed by atoms with Gasteiger partial charge in [0.1, 0.15) is 0 Å². The van der Waals surface area contributed by atoms with E-state index in [0.29, 0.717) is 23.8 Å². The molecule has 1 aromatic heterocycles. The highest BCUT2D eigenvalue weighted by molar-refractivity contribution is 5.12. The lowest BCUT2D eigenvalue weighted by Crippen LogP contribution is -2.35. The van der Waals surface area contributed by atoms with Crippen molar-refractivity contribution < 1.29 is 4.42 Å². The molecule has 1 aromatic rings. The standard InChI is InChI=1S/C12H21N3O/c1-11(2,3)13-7-9-14-15-10(16-9)8-6-12(8,4)5/h8,13H,6-7H2,1-5H3. The maximum Gasteiger partial charge on any atom is 0.230 e. The first-order chi connectivity index (χ1) is 7.28. The molecule has 0 bridgehead atoms. The predicted molar refractivity (Wildman–Crippen MR) is 62.0 cm³/mol. The number of aromatic nitrogens is 2. The summed E-state index contributed by atoms with van der Waals surface area (Å²) in [6, 6.07) is 0. The summed E-state index contributed by atoms with van der Waals surface area (Å²) < 4.78 is 5.65. The van der Waals surface area contributed by atoms with Crippen molar-refractivity contribution in [2.45, 2.75) is 59.0 Å². The topological polar surface area (TPSA) is 51.0 Å². The average Bonchev–Trinajstić information content (AvgIpc) is 2.62. The highest BCUT2D eigenvalue weighted by Crippen LogP contribution is 2.58. The lowest BCUT2D eigenvalue weighted by molar-refractivity contribution is 0.367. The van der Waals surface area contributed by atoms with Crippen LogP contribution in [0, 0.1) is 5.41 Å². The van der Waals surface area contributed by atoms with Gasteiger partial charge in [-0.2, -0.15) is 0 Å². The normalized spacial score (nSPS) is 23.4. The molecule has 4 nitrogen and oxygen atoms in total. The maximum atomic E-state index is 5.65. The summed E-state index contributed by atoms with van der Waals surface area (Å²) in [5.74, 6) is 1.95. The minimum atomic E-state index is 0.0769. The Balaban J connectivity index is 1.94. The summed E-state index contributed by atoms with van der Waals surface area (Å²) >= 11 is 0. The van der Waals surface area contributed by atoms with Gasteiger partial charge in [0.2, 0.25) is 11.8 Å². The summed E-state index contributed by atoms with van der Waals surface area (Å²) in [5, 5.41) is 11.5. The van der Waals surface area contributed by atoms with E-state index in [1.54, 1.807) is 0 Å². The number of hydrogen-bond acceptors (Lipinski definition) is 4. The minimum absolute atomic E-state index is 0.0769. The lowest BCUT2D eigenvalue weighted by Gasteiger charge is -2.18. The number of nitrogens with zero attached hydrogens (tertiary/aromatic N) is 2. The Morgan fingerprint density at radius 2 is 2.00 bits per heavy atom. The molecular formula is C12H21N3O. The van der Waals surface area contributed by atoms with E-state index in [1.165, 1.54) is 0 Å². The fourth-order valence-electron chi connectivity index (χ4n) is 1.71. The molecule has 1 atom stereocenters. The van der Waals surface area contributed by atoms with Crippen molar-refractivity contribution in [1.29, 1.82) is 0 Å². The van der Waals surface area contributed by atoms with Crippen LogP contribution in [-0.4, -0.2) is 15.7 Å². The van der Waals surface area contributed by atoms with Crippen molar-refractivity contribution in [3.8, 4) is 0 Å². The Hall–Kier alpha value is -0.900. The van der Waals surface area contributed by atoms with Gasteiger partial charge in [0, 0.05) is 11.5 Å². The van der Waals surface area contributed by atoms with E-state index in [9.17, 15) is 0 Å². The molecule has 1 aliphatic rings. The van der Waals surface area contributed by atoms with Gasteiger partial charge in [-0.15, -0.1) is 10.2 Å². The van der Waals surface area contributed by atoms with E-state index in [-0.39, 0.29) is 5.54 Å². The van der Waals surface area contributed by atoms with Crippen molar-refractivity contribution in [2.24, 2.45) is 5.41 Å². The summed E-state index contributed by atoms with van der Waals surface area (Å²) in [5.41, 5.74) is 0.425. The molecule has 2 rings (SSSR count). The lowest BCUT2D eigenvalue weighted by atomic mass is 10.1. The van der Waals surface area contributed by atoms with Crippen LogP contribution in [0.1, 0.15) is 58.7 Å². The summed E-state index contributed by atoms with van der Waals surface area (Å²) in [7, 11) is 0. The molecule has 16 heavy (non-hydrogen) atoms. The Morgan fingerprint density at radius 1 is 1.38 bits per heavy atom. The molecule has 0 radical (unpaired) electrons. The molecule has 1 N–H and O–H groups in total. The third kappa shape index (κ3) is 2.61. The van der Waals surface area contributed by atoms with Gasteiger partial charge in [-0.1, -0.05) is 13.8 Å². The molecule has 0 amide bonds. The Labute approximate surface area is 96.8 Å². The van der Waals surface area contributed by atoms with Gasteiger partial charge in [0.15, 0.2) is 0 Å². The SMILES string of the molecule is CC(C)(C)NCc1nnc(C2CC2(C)C)o1. The highest BCUT2D eigenvalue weighted by Gasteiger charge is 2.50. The quantitative estimate of drug-likeness (QED) is 0.855. The van der Waals surface area contributed by atoms with E-state index in [1.807, 2.05) is 0 Å². The minimum Gasteiger partial charge on any atom is -0.424 e. The smallest absolute Gasteiger partial charge is 0.230 e. The van der Waals surface area contributed by atoms with Crippen LogP contribution in [0.4, 0.5) is 0 Å². The van der Waals surface area contributed by atoms with E-state index < -0.39 is 0 Å². The third-order valence-electron chi connectivity index (χ3n) is 3.06. The van der Waals surface area contributed by atoms with Gasteiger partial charge in [-0.05, 0) is 32.6 Å². The molecule has 0 saturated heterocycles. The highest BCUT2D eigenvalue weighted by atomic mass is 16.4. The molecule has 0 aromatic carbocycles. The number of nitrogens with one attached hydrogen (secondary N) is 1. The molecule has 1 unspecified atom stereocenters. The zero-order valence-electron chi connectivity index (χ0n) is 10.8. The second kappa shape index (κ2) is 3.55. The van der Waals surface area contributed by atoms with Crippen LogP contribution in [0.5, 0.6) is 0 Å². The first-order valence-electron chi connectivity index (χ1n) is 5.85. The zero-order valence-corrected chi connectivity index (χ0v) is 10.8. The maximum absolute atomic E-state index is 5.65.